The number of hydrogen-bond donors (Lipinski definition) is 2. The minimum absolute atomic E-state index is 0.0107. The molecule has 0 radical (unpaired) electrons. The molecular weight excluding hydrogens is 344 g/mol. The van der Waals surface area contributed by atoms with Crippen molar-refractivity contribution < 1.29 is 4.79 Å². The Balaban J connectivity index is 1.48. The van der Waals surface area contributed by atoms with Crippen LogP contribution in [-0.4, -0.2) is 26.9 Å². The first kappa shape index (κ1) is 15.8. The molecule has 2 aromatic rings. The molecule has 1 fully saturated rings. The largest absolute Gasteiger partial charge is 0.363 e. The van der Waals surface area contributed by atoms with E-state index >= 15 is 0 Å². The molecule has 3 heterocycles. The maximum atomic E-state index is 12.5. The summed E-state index contributed by atoms with van der Waals surface area (Å²) in [6.45, 7) is 0. The van der Waals surface area contributed by atoms with Crippen LogP contribution in [0.25, 0.3) is 11.2 Å². The molecule has 5 nitrogen and oxygen atoms in total. The van der Waals surface area contributed by atoms with E-state index in [1.165, 1.54) is 31.0 Å². The molecule has 0 spiro atoms. The quantitative estimate of drug-likeness (QED) is 0.879. The van der Waals surface area contributed by atoms with Crippen LogP contribution in [0.4, 0.5) is 0 Å². The van der Waals surface area contributed by atoms with Crippen molar-refractivity contribution in [2.75, 3.05) is 0 Å². The Labute approximate surface area is 149 Å². The second kappa shape index (κ2) is 6.69. The molecule has 2 aliphatic rings. The Kier molecular flexibility index (Phi) is 4.41. The van der Waals surface area contributed by atoms with Crippen LogP contribution in [0.3, 0.4) is 0 Å². The summed E-state index contributed by atoms with van der Waals surface area (Å²) in [6.07, 6.45) is 9.49. The zero-order chi connectivity index (χ0) is 16.5. The predicted octanol–water partition coefficient (Wildman–Crippen LogP) is 3.31. The van der Waals surface area contributed by atoms with Crippen molar-refractivity contribution in [3.05, 3.63) is 40.5 Å². The molecular formula is C17H19ClN4OS. The van der Waals surface area contributed by atoms with Crippen LogP contribution < -0.4 is 10.6 Å². The van der Waals surface area contributed by atoms with Crippen LogP contribution in [-0.2, 0) is 4.79 Å². The number of carbonyl (C=O) groups excluding carboxylic acids is 1. The van der Waals surface area contributed by atoms with Crippen LogP contribution in [0.5, 0.6) is 0 Å². The minimum atomic E-state index is -0.381. The molecule has 1 saturated carbocycles. The molecule has 1 atom stereocenters. The van der Waals surface area contributed by atoms with Crippen molar-refractivity contribution in [1.82, 2.24) is 20.2 Å². The molecule has 0 saturated heterocycles. The first-order valence-electron chi connectivity index (χ1n) is 8.28. The van der Waals surface area contributed by atoms with E-state index in [1.54, 1.807) is 10.7 Å². The van der Waals surface area contributed by atoms with Crippen molar-refractivity contribution in [1.29, 1.82) is 0 Å². The van der Waals surface area contributed by atoms with E-state index in [4.69, 9.17) is 11.6 Å². The molecule has 126 valence electrons. The van der Waals surface area contributed by atoms with Gasteiger partial charge >= 0.3 is 0 Å². The van der Waals surface area contributed by atoms with Gasteiger partial charge in [-0.05, 0) is 25.0 Å². The number of nitrogens with zero attached hydrogens (tertiary/aromatic N) is 2. The molecule has 1 aliphatic heterocycles. The third kappa shape index (κ3) is 3.00. The highest BCUT2D eigenvalue weighted by Gasteiger charge is 2.32. The maximum Gasteiger partial charge on any atom is 0.253 e. The topological polar surface area (TPSA) is 58.4 Å². The molecule has 4 rings (SSSR count). The van der Waals surface area contributed by atoms with Crippen LogP contribution in [0.2, 0.25) is 0 Å². The lowest BCUT2D eigenvalue weighted by Crippen LogP contribution is -2.44. The highest BCUT2D eigenvalue weighted by Crippen LogP contribution is 2.39. The molecule has 1 unspecified atom stereocenters. The smallest absolute Gasteiger partial charge is 0.253 e. The third-order valence-corrected chi connectivity index (χ3v) is 6.01. The van der Waals surface area contributed by atoms with E-state index in [9.17, 15) is 4.79 Å². The van der Waals surface area contributed by atoms with E-state index in [2.05, 4.69) is 15.7 Å². The number of halogens is 1. The van der Waals surface area contributed by atoms with Gasteiger partial charge in [0.25, 0.3) is 5.91 Å². The summed E-state index contributed by atoms with van der Waals surface area (Å²) in [7, 11) is 0. The van der Waals surface area contributed by atoms with Gasteiger partial charge in [0.1, 0.15) is 0 Å². The molecule has 24 heavy (non-hydrogen) atoms. The van der Waals surface area contributed by atoms with Gasteiger partial charge in [-0.3, -0.25) is 4.79 Å². The summed E-state index contributed by atoms with van der Waals surface area (Å²) in [5, 5.41) is 10.4. The number of hydrogen-bond acceptors (Lipinski definition) is 4. The van der Waals surface area contributed by atoms with Gasteiger partial charge in [-0.15, -0.1) is 0 Å². The summed E-state index contributed by atoms with van der Waals surface area (Å²) < 4.78 is 2.41. The SMILES string of the molecule is O=C(NC1CCCCC1)C1NC(c2cnn3ccccc23)=C(Cl)S1. The summed E-state index contributed by atoms with van der Waals surface area (Å²) >= 11 is 7.78. The first-order chi connectivity index (χ1) is 11.7. The fourth-order valence-electron chi connectivity index (χ4n) is 3.33. The molecule has 1 amide bonds. The second-order valence-corrected chi connectivity index (χ2v) is 7.94. The Bertz CT molecular complexity index is 797. The Morgan fingerprint density at radius 1 is 1.33 bits per heavy atom. The zero-order valence-electron chi connectivity index (χ0n) is 13.2. The molecule has 0 aromatic carbocycles. The van der Waals surface area contributed by atoms with E-state index < -0.39 is 0 Å². The van der Waals surface area contributed by atoms with Crippen LogP contribution in [0.1, 0.15) is 37.7 Å². The molecule has 7 heteroatoms. The first-order valence-corrected chi connectivity index (χ1v) is 9.54. The number of fused-ring (bicyclic) bond motifs is 1. The number of aromatic nitrogens is 2. The van der Waals surface area contributed by atoms with Crippen LogP contribution in [0.15, 0.2) is 35.0 Å². The predicted molar refractivity (Wildman–Crippen MR) is 97.5 cm³/mol. The lowest BCUT2D eigenvalue weighted by Gasteiger charge is -2.24. The van der Waals surface area contributed by atoms with Gasteiger partial charge in [0, 0.05) is 17.8 Å². The second-order valence-electron chi connectivity index (χ2n) is 6.22. The van der Waals surface area contributed by atoms with Crippen molar-refractivity contribution in [2.45, 2.75) is 43.5 Å². The van der Waals surface area contributed by atoms with E-state index in [0.29, 0.717) is 10.4 Å². The fourth-order valence-corrected chi connectivity index (χ4v) is 4.60. The van der Waals surface area contributed by atoms with Gasteiger partial charge in [0.05, 0.1) is 21.8 Å². The number of carbonyl (C=O) groups is 1. The van der Waals surface area contributed by atoms with E-state index in [-0.39, 0.29) is 11.3 Å². The number of pyridine rings is 1. The summed E-state index contributed by atoms with van der Waals surface area (Å²) in [6, 6.07) is 6.18. The molecule has 1 aliphatic carbocycles. The van der Waals surface area contributed by atoms with Crippen molar-refractivity contribution in [3.63, 3.8) is 0 Å². The van der Waals surface area contributed by atoms with E-state index in [1.807, 2.05) is 24.4 Å². The average molecular weight is 363 g/mol. The molecule has 2 aromatic heterocycles. The summed E-state index contributed by atoms with van der Waals surface area (Å²) in [5.41, 5.74) is 2.67. The van der Waals surface area contributed by atoms with Gasteiger partial charge in [-0.2, -0.15) is 5.10 Å². The van der Waals surface area contributed by atoms with E-state index in [0.717, 1.165) is 29.6 Å². The number of thioether (sulfide) groups is 1. The lowest BCUT2D eigenvalue weighted by atomic mass is 9.95. The minimum Gasteiger partial charge on any atom is -0.363 e. The van der Waals surface area contributed by atoms with Gasteiger partial charge in [-0.1, -0.05) is 48.7 Å². The van der Waals surface area contributed by atoms with Crippen molar-refractivity contribution in [3.8, 4) is 0 Å². The Morgan fingerprint density at radius 3 is 3.00 bits per heavy atom. The Morgan fingerprint density at radius 2 is 2.17 bits per heavy atom. The molecule has 0 bridgehead atoms. The lowest BCUT2D eigenvalue weighted by molar-refractivity contribution is -0.121. The zero-order valence-corrected chi connectivity index (χ0v) is 14.7. The average Bonchev–Trinajstić information content (AvgIpc) is 3.19. The van der Waals surface area contributed by atoms with Gasteiger partial charge < -0.3 is 10.6 Å². The maximum absolute atomic E-state index is 12.5. The van der Waals surface area contributed by atoms with Gasteiger partial charge in [0.2, 0.25) is 0 Å². The fraction of sp³-hybridized carbons (Fsp3) is 0.412. The number of amides is 1. The van der Waals surface area contributed by atoms with Crippen molar-refractivity contribution >= 4 is 40.5 Å². The normalized spacial score (nSPS) is 22.0. The number of rotatable bonds is 3. The monoisotopic (exact) mass is 362 g/mol. The number of nitrogens with one attached hydrogen (secondary N) is 2. The summed E-state index contributed by atoms with van der Waals surface area (Å²) in [4.78, 5) is 12.5. The van der Waals surface area contributed by atoms with Gasteiger partial charge in [-0.25, -0.2) is 4.52 Å². The third-order valence-electron chi connectivity index (χ3n) is 4.58. The van der Waals surface area contributed by atoms with Gasteiger partial charge in [0.15, 0.2) is 5.37 Å². The van der Waals surface area contributed by atoms with Crippen LogP contribution in [0, 0.1) is 0 Å². The highest BCUT2D eigenvalue weighted by atomic mass is 35.5. The summed E-state index contributed by atoms with van der Waals surface area (Å²) in [5.74, 6) is 0.0107. The van der Waals surface area contributed by atoms with Crippen LogP contribution >= 0.6 is 23.4 Å². The molecule has 2 N–H and O–H groups in total. The Hall–Kier alpha value is -1.66. The standard InChI is InChI=1S/C17H19ClN4OS/c18-15-14(12-10-19-22-9-5-4-8-13(12)22)21-17(24-15)16(23)20-11-6-2-1-3-7-11/h4-5,8-11,17,21H,1-3,6-7H2,(H,20,23). The van der Waals surface area contributed by atoms with Crippen molar-refractivity contribution in [2.24, 2.45) is 0 Å². The highest BCUT2D eigenvalue weighted by molar-refractivity contribution is 8.06.